The van der Waals surface area contributed by atoms with E-state index in [4.69, 9.17) is 23.7 Å². The number of hydrogen-bond donors (Lipinski definition) is 7. The molecule has 0 amide bonds. The van der Waals surface area contributed by atoms with Crippen molar-refractivity contribution >= 4 is 94.0 Å². The van der Waals surface area contributed by atoms with E-state index in [9.17, 15) is 46.9 Å². The number of fused-ring (bicyclic) bond motifs is 1. The lowest BCUT2D eigenvalue weighted by atomic mass is 10.1. The van der Waals surface area contributed by atoms with Crippen LogP contribution in [0.25, 0.3) is 10.8 Å². The highest BCUT2D eigenvalue weighted by molar-refractivity contribution is 8.05. The average molecular weight is 837 g/mol. The highest BCUT2D eigenvalue weighted by Crippen LogP contribution is 2.46. The summed E-state index contributed by atoms with van der Waals surface area (Å²) in [5.41, 5.74) is 3.38. The summed E-state index contributed by atoms with van der Waals surface area (Å²) < 4.78 is 91.3. The second-order valence-electron chi connectivity index (χ2n) is 11.2. The van der Waals surface area contributed by atoms with Crippen LogP contribution in [0.4, 0.5) is 55.6 Å². The molecule has 0 saturated heterocycles. The fraction of sp³-hybridized carbons (Fsp3) is 0.0667. The van der Waals surface area contributed by atoms with Crippen LogP contribution >= 0.6 is 12.0 Å². The summed E-state index contributed by atoms with van der Waals surface area (Å²) in [6, 6.07) is 16.1. The van der Waals surface area contributed by atoms with Gasteiger partial charge in [0, 0.05) is 16.6 Å². The molecular weight excluding hydrogens is 812 g/mol. The van der Waals surface area contributed by atoms with Crippen LogP contribution in [-0.2, 0) is 29.2 Å². The molecule has 0 spiro atoms. The molecule has 0 aliphatic rings. The van der Waals surface area contributed by atoms with Crippen molar-refractivity contribution in [2.24, 2.45) is 20.5 Å². The molecule has 0 radical (unpaired) electrons. The van der Waals surface area contributed by atoms with Crippen LogP contribution in [0.15, 0.2) is 109 Å². The zero-order valence-corrected chi connectivity index (χ0v) is 30.1. The summed E-state index contributed by atoms with van der Waals surface area (Å²) >= 11 is 0.698. The molecule has 0 heterocycles. The number of rotatable bonds is 15. The van der Waals surface area contributed by atoms with Crippen molar-refractivity contribution in [3.63, 3.8) is 0 Å². The van der Waals surface area contributed by atoms with Gasteiger partial charge < -0.3 is 16.2 Å². The minimum absolute atomic E-state index is 0.0210. The van der Waals surface area contributed by atoms with Gasteiger partial charge in [-0.1, -0.05) is 12.1 Å². The van der Waals surface area contributed by atoms with E-state index in [1.54, 1.807) is 0 Å². The van der Waals surface area contributed by atoms with Crippen LogP contribution in [0.3, 0.4) is 0 Å². The lowest BCUT2D eigenvalue weighted by Crippen LogP contribution is -2.36. The van der Waals surface area contributed by atoms with Crippen LogP contribution in [0.1, 0.15) is 0 Å². The third-order valence-corrected chi connectivity index (χ3v) is 9.55. The highest BCUT2D eigenvalue weighted by atomic mass is 32.3. The maximum absolute atomic E-state index is 14.3. The molecule has 0 fully saturated rings. The largest absolute Gasteiger partial charge is 0.505 e. The molecule has 0 unspecified atom stereocenters. The van der Waals surface area contributed by atoms with E-state index in [0.29, 0.717) is 34.8 Å². The molecule has 26 heteroatoms. The number of anilines is 3. The third kappa shape index (κ3) is 10.3. The number of halogens is 1. The van der Waals surface area contributed by atoms with E-state index in [1.165, 1.54) is 60.7 Å². The number of phenolic OH excluding ortho intramolecular Hbond substituents is 1. The summed E-state index contributed by atoms with van der Waals surface area (Å²) in [5.74, 6) is -3.16. The Labute approximate surface area is 317 Å². The molecule has 5 rings (SSSR count). The molecule has 294 valence electrons. The number of nitrogens with two attached hydrogens (primary N) is 1. The summed E-state index contributed by atoms with van der Waals surface area (Å²) in [5, 5.41) is 52.2. The van der Waals surface area contributed by atoms with E-state index in [0.717, 1.165) is 6.07 Å². The van der Waals surface area contributed by atoms with Crippen molar-refractivity contribution in [3.05, 3.63) is 105 Å². The molecule has 0 aromatic heterocycles. The van der Waals surface area contributed by atoms with Crippen molar-refractivity contribution in [2.75, 3.05) is 23.4 Å². The van der Waals surface area contributed by atoms with E-state index >= 15 is 0 Å². The first-order valence-electron chi connectivity index (χ1n) is 15.0. The molecule has 0 bridgehead atoms. The van der Waals surface area contributed by atoms with Crippen molar-refractivity contribution in [1.82, 2.24) is 0 Å². The fourth-order valence-electron chi connectivity index (χ4n) is 4.64. The smallest absolute Gasteiger partial charge is 0.311 e. The molecule has 56 heavy (non-hydrogen) atoms. The van der Waals surface area contributed by atoms with Crippen LogP contribution in [0, 0.1) is 26.0 Å². The number of nitrogens with zero attached hydrogens (tertiary/aromatic N) is 6. The van der Waals surface area contributed by atoms with E-state index in [2.05, 4.69) is 30.7 Å². The zero-order chi connectivity index (χ0) is 41.0. The summed E-state index contributed by atoms with van der Waals surface area (Å²) in [4.78, 5) is 24.8. The molecule has 22 nitrogen and oxygen atoms in total. The Hall–Kier alpha value is -6.10. The SMILES string of the molecule is Nc1c(N=Nc2ccc(SOOCCS(=O)(O)(O)O)cc2)ccc2cc(S(=O)(=O)O)c(N=Nc3cccc(Nc4cc(F)c([N+](=O)[O-])cc4[N+](=O)[O-])c3)c(O)c12. The van der Waals surface area contributed by atoms with Gasteiger partial charge in [0.2, 0.25) is 5.82 Å². The Morgan fingerprint density at radius 1 is 0.893 bits per heavy atom. The summed E-state index contributed by atoms with van der Waals surface area (Å²) in [7, 11) is -10.8. The Morgan fingerprint density at radius 3 is 2.21 bits per heavy atom. The van der Waals surface area contributed by atoms with Crippen molar-refractivity contribution in [3.8, 4) is 5.75 Å². The van der Waals surface area contributed by atoms with Gasteiger partial charge in [-0.2, -0.15) is 27.4 Å². The number of nitro groups is 2. The number of hydrogen-bond acceptors (Lipinski definition) is 17. The predicted octanol–water partition coefficient (Wildman–Crippen LogP) is 8.10. The van der Waals surface area contributed by atoms with E-state index < -0.39 is 81.4 Å². The van der Waals surface area contributed by atoms with Crippen LogP contribution in [-0.4, -0.2) is 58.2 Å². The number of aromatic hydroxyl groups is 1. The molecule has 0 aliphatic carbocycles. The van der Waals surface area contributed by atoms with E-state index in [1.807, 2.05) is 0 Å². The number of nitrogen functional groups attached to an aromatic ring is 1. The summed E-state index contributed by atoms with van der Waals surface area (Å²) in [6.45, 7) is -0.599. The number of benzene rings is 5. The minimum atomic E-state index is -5.72. The number of nitro benzene ring substituents is 2. The molecular formula is C30H25FN8O14S3. The van der Waals surface area contributed by atoms with Gasteiger partial charge in [-0.15, -0.1) is 10.2 Å². The lowest BCUT2D eigenvalue weighted by molar-refractivity contribution is -0.395. The van der Waals surface area contributed by atoms with Gasteiger partial charge in [-0.25, -0.2) is 9.10 Å². The van der Waals surface area contributed by atoms with Crippen molar-refractivity contribution in [1.29, 1.82) is 0 Å². The molecule has 5 aromatic carbocycles. The topological polar surface area (TPSA) is 345 Å². The second kappa shape index (κ2) is 15.9. The normalized spacial score (nSPS) is 12.9. The first-order chi connectivity index (χ1) is 26.2. The first kappa shape index (κ1) is 41.1. The van der Waals surface area contributed by atoms with Crippen molar-refractivity contribution < 1.29 is 59.4 Å². The molecule has 8 N–H and O–H groups in total. The van der Waals surface area contributed by atoms with E-state index in [-0.39, 0.29) is 33.5 Å². The van der Waals surface area contributed by atoms with Crippen molar-refractivity contribution in [2.45, 2.75) is 9.79 Å². The monoisotopic (exact) mass is 836 g/mol. The zero-order valence-electron chi connectivity index (χ0n) is 27.7. The average Bonchev–Trinajstić information content (AvgIpc) is 3.10. The maximum atomic E-state index is 14.3. The van der Waals surface area contributed by atoms with Gasteiger partial charge in [0.25, 0.3) is 15.8 Å². The van der Waals surface area contributed by atoms with Gasteiger partial charge in [0.15, 0.2) is 15.7 Å². The van der Waals surface area contributed by atoms with Gasteiger partial charge >= 0.3 is 5.69 Å². The van der Waals surface area contributed by atoms with Gasteiger partial charge in [0.1, 0.15) is 22.0 Å². The Kier molecular flexibility index (Phi) is 11.7. The lowest BCUT2D eigenvalue weighted by Gasteiger charge is -2.21. The Balaban J connectivity index is 1.40. The molecule has 5 aromatic rings. The number of phenols is 1. The Morgan fingerprint density at radius 2 is 1.57 bits per heavy atom. The fourth-order valence-corrected chi connectivity index (χ4v) is 6.10. The number of nitrogens with one attached hydrogen (secondary N) is 1. The highest BCUT2D eigenvalue weighted by Gasteiger charge is 2.27. The summed E-state index contributed by atoms with van der Waals surface area (Å²) in [6.07, 6.45) is 0. The second-order valence-corrected chi connectivity index (χ2v) is 15.7. The standard InChI is InChI=1S/C30H25FN8O14S3/c31-21-14-23(25(39(43)44)15-24(21)38(41)42)33-18-2-1-3-19(13-18)35-37-29-26(55(45,46)47)12-16-4-9-22(28(32)27(16)30(29)40)36-34-17-5-7-20(8-6-17)54-53-52-10-11-56(48,49,50)51/h1-9,12-15,33,40H,10-11,32H2,(H,45,46,47)(H3,48,49,50,51). The maximum Gasteiger partial charge on any atom is 0.311 e. The first-order valence-corrected chi connectivity index (χ1v) is 19.2. The van der Waals surface area contributed by atoms with Crippen LogP contribution in [0.2, 0.25) is 0 Å². The Bertz CT molecular complexity index is 2610. The van der Waals surface area contributed by atoms with Crippen LogP contribution in [0.5, 0.6) is 5.75 Å². The molecule has 0 saturated carbocycles. The molecule has 0 atom stereocenters. The predicted molar refractivity (Wildman–Crippen MR) is 198 cm³/mol. The van der Waals surface area contributed by atoms with Gasteiger partial charge in [-0.3, -0.25) is 38.4 Å². The molecule has 0 aliphatic heterocycles. The quantitative estimate of drug-likeness (QED) is 0.00765. The minimum Gasteiger partial charge on any atom is -0.505 e. The van der Waals surface area contributed by atoms with Gasteiger partial charge in [0.05, 0.1) is 62.8 Å². The van der Waals surface area contributed by atoms with Gasteiger partial charge in [-0.05, 0) is 60.0 Å². The van der Waals surface area contributed by atoms with Crippen LogP contribution < -0.4 is 11.1 Å². The number of azo groups is 2. The third-order valence-electron chi connectivity index (χ3n) is 7.18.